The molecule has 1 atom stereocenters. The van der Waals surface area contributed by atoms with Crippen LogP contribution in [0.3, 0.4) is 0 Å². The Labute approximate surface area is 174 Å². The van der Waals surface area contributed by atoms with E-state index in [0.29, 0.717) is 6.54 Å². The van der Waals surface area contributed by atoms with Crippen molar-refractivity contribution in [2.45, 2.75) is 20.3 Å². The summed E-state index contributed by atoms with van der Waals surface area (Å²) in [4.78, 5) is 26.3. The van der Waals surface area contributed by atoms with E-state index in [1.807, 2.05) is 32.0 Å². The van der Waals surface area contributed by atoms with E-state index in [2.05, 4.69) is 17.2 Å². The van der Waals surface area contributed by atoms with Gasteiger partial charge in [-0.1, -0.05) is 17.9 Å². The maximum absolute atomic E-state index is 13.4. The smallest absolute Gasteiger partial charge is 0.227 e. The molecule has 0 spiro atoms. The molecule has 30 heavy (non-hydrogen) atoms. The van der Waals surface area contributed by atoms with Crippen molar-refractivity contribution in [2.24, 2.45) is 5.92 Å². The summed E-state index contributed by atoms with van der Waals surface area (Å²) in [6.45, 7) is 4.30. The molecule has 1 saturated heterocycles. The van der Waals surface area contributed by atoms with Crippen molar-refractivity contribution < 1.29 is 23.1 Å². The number of ether oxygens (including phenoxy) is 1. The fraction of sp³-hybridized carbons (Fsp3) is 0.304. The molecule has 5 nitrogen and oxygen atoms in total. The molecule has 1 N–H and O–H groups in total. The molecule has 1 unspecified atom stereocenters. The quantitative estimate of drug-likeness (QED) is 0.768. The number of amides is 2. The third-order valence-electron chi connectivity index (χ3n) is 4.97. The number of anilines is 1. The Morgan fingerprint density at radius 3 is 2.70 bits per heavy atom. The molecule has 156 valence electrons. The molecular formula is C23H22F2N2O3. The molecule has 7 heteroatoms. The summed E-state index contributed by atoms with van der Waals surface area (Å²) in [5.74, 6) is 3.02. The summed E-state index contributed by atoms with van der Waals surface area (Å²) in [5.41, 5.74) is 3.03. The molecule has 2 aromatic carbocycles. The zero-order valence-electron chi connectivity index (χ0n) is 16.8. The van der Waals surface area contributed by atoms with Gasteiger partial charge in [0.15, 0.2) is 11.6 Å². The minimum atomic E-state index is -0.802. The third-order valence-corrected chi connectivity index (χ3v) is 4.97. The summed E-state index contributed by atoms with van der Waals surface area (Å²) in [7, 11) is 0. The number of nitrogens with zero attached hydrogens (tertiary/aromatic N) is 1. The number of aryl methyl sites for hydroxylation is 2. The maximum Gasteiger partial charge on any atom is 0.227 e. The highest BCUT2D eigenvalue weighted by Crippen LogP contribution is 2.26. The normalized spacial score (nSPS) is 15.5. The van der Waals surface area contributed by atoms with Gasteiger partial charge in [-0.25, -0.2) is 8.78 Å². The van der Waals surface area contributed by atoms with Gasteiger partial charge in [0.05, 0.1) is 12.5 Å². The Bertz CT molecular complexity index is 1030. The second-order valence-electron chi connectivity index (χ2n) is 7.11. The average Bonchev–Trinajstić information content (AvgIpc) is 3.09. The van der Waals surface area contributed by atoms with Crippen LogP contribution in [-0.4, -0.2) is 31.5 Å². The van der Waals surface area contributed by atoms with Gasteiger partial charge in [0.1, 0.15) is 12.4 Å². The molecule has 1 heterocycles. The molecule has 0 saturated carbocycles. The number of carbonyl (C=O) groups excluding carboxylic acids is 2. The van der Waals surface area contributed by atoms with Crippen LogP contribution in [0.5, 0.6) is 5.75 Å². The number of rotatable bonds is 5. The summed E-state index contributed by atoms with van der Waals surface area (Å²) >= 11 is 0. The Morgan fingerprint density at radius 1 is 1.17 bits per heavy atom. The minimum absolute atomic E-state index is 0.0841. The van der Waals surface area contributed by atoms with Crippen LogP contribution in [0.15, 0.2) is 36.4 Å². The van der Waals surface area contributed by atoms with E-state index in [0.717, 1.165) is 28.9 Å². The van der Waals surface area contributed by atoms with E-state index in [9.17, 15) is 18.4 Å². The molecule has 1 fully saturated rings. The van der Waals surface area contributed by atoms with Crippen molar-refractivity contribution in [1.29, 1.82) is 0 Å². The van der Waals surface area contributed by atoms with Crippen LogP contribution < -0.4 is 15.0 Å². The van der Waals surface area contributed by atoms with Crippen LogP contribution in [-0.2, 0) is 9.59 Å². The SMILES string of the molecule is Cc1ccc(N2CC(C(=O)NCC#CCOc3ccc(F)cc3F)CC2=O)cc1C. The van der Waals surface area contributed by atoms with E-state index in [1.165, 1.54) is 6.07 Å². The van der Waals surface area contributed by atoms with Crippen molar-refractivity contribution >= 4 is 17.5 Å². The monoisotopic (exact) mass is 412 g/mol. The van der Waals surface area contributed by atoms with Gasteiger partial charge in [0.2, 0.25) is 11.8 Å². The van der Waals surface area contributed by atoms with Gasteiger partial charge in [-0.3, -0.25) is 9.59 Å². The predicted molar refractivity (Wildman–Crippen MR) is 109 cm³/mol. The van der Waals surface area contributed by atoms with Gasteiger partial charge in [0.25, 0.3) is 0 Å². The lowest BCUT2D eigenvalue weighted by molar-refractivity contribution is -0.126. The predicted octanol–water partition coefficient (Wildman–Crippen LogP) is 3.13. The summed E-state index contributed by atoms with van der Waals surface area (Å²) < 4.78 is 31.4. The van der Waals surface area contributed by atoms with Crippen LogP contribution in [0.1, 0.15) is 17.5 Å². The molecule has 0 aliphatic carbocycles. The Balaban J connectivity index is 1.46. The lowest BCUT2D eigenvalue weighted by Gasteiger charge is -2.17. The van der Waals surface area contributed by atoms with Crippen molar-refractivity contribution in [1.82, 2.24) is 5.32 Å². The topological polar surface area (TPSA) is 58.6 Å². The zero-order chi connectivity index (χ0) is 21.7. The molecule has 3 rings (SSSR count). The van der Waals surface area contributed by atoms with Gasteiger partial charge < -0.3 is 15.0 Å². The zero-order valence-corrected chi connectivity index (χ0v) is 16.8. The Morgan fingerprint density at radius 2 is 1.97 bits per heavy atom. The second kappa shape index (κ2) is 9.40. The highest BCUT2D eigenvalue weighted by atomic mass is 19.1. The van der Waals surface area contributed by atoms with Crippen molar-refractivity contribution in [3.8, 4) is 17.6 Å². The van der Waals surface area contributed by atoms with Gasteiger partial charge in [-0.15, -0.1) is 0 Å². The fourth-order valence-corrected chi connectivity index (χ4v) is 3.12. The number of hydrogen-bond donors (Lipinski definition) is 1. The highest BCUT2D eigenvalue weighted by Gasteiger charge is 2.34. The van der Waals surface area contributed by atoms with E-state index < -0.39 is 17.6 Å². The van der Waals surface area contributed by atoms with E-state index in [1.54, 1.807) is 4.90 Å². The highest BCUT2D eigenvalue weighted by molar-refractivity contribution is 6.00. The number of nitrogens with one attached hydrogen (secondary N) is 1. The number of carbonyl (C=O) groups is 2. The maximum atomic E-state index is 13.4. The number of hydrogen-bond acceptors (Lipinski definition) is 3. The largest absolute Gasteiger partial charge is 0.478 e. The Hall–Kier alpha value is -3.40. The van der Waals surface area contributed by atoms with Crippen LogP contribution in [0.4, 0.5) is 14.5 Å². The first kappa shape index (κ1) is 21.3. The van der Waals surface area contributed by atoms with Gasteiger partial charge in [-0.2, -0.15) is 0 Å². The lowest BCUT2D eigenvalue weighted by Crippen LogP contribution is -2.33. The Kier molecular flexibility index (Phi) is 6.68. The lowest BCUT2D eigenvalue weighted by atomic mass is 10.1. The first-order valence-corrected chi connectivity index (χ1v) is 9.54. The average molecular weight is 412 g/mol. The standard InChI is InChI=1S/C23H22F2N2O3/c1-15-5-7-19(11-16(15)2)27-14-17(12-22(27)28)23(29)26-9-3-4-10-30-21-8-6-18(24)13-20(21)25/h5-8,11,13,17H,9-10,12,14H2,1-2H3,(H,26,29). The van der Waals surface area contributed by atoms with Crippen LogP contribution in [0.2, 0.25) is 0 Å². The first-order chi connectivity index (χ1) is 14.3. The van der Waals surface area contributed by atoms with Gasteiger partial charge >= 0.3 is 0 Å². The molecule has 2 amide bonds. The van der Waals surface area contributed by atoms with E-state index in [4.69, 9.17) is 4.74 Å². The van der Waals surface area contributed by atoms with E-state index >= 15 is 0 Å². The molecule has 0 aromatic heterocycles. The van der Waals surface area contributed by atoms with Crippen molar-refractivity contribution in [3.63, 3.8) is 0 Å². The van der Waals surface area contributed by atoms with Gasteiger partial charge in [-0.05, 0) is 49.2 Å². The first-order valence-electron chi connectivity index (χ1n) is 9.54. The van der Waals surface area contributed by atoms with Crippen molar-refractivity contribution in [2.75, 3.05) is 24.6 Å². The number of benzene rings is 2. The molecule has 0 radical (unpaired) electrons. The fourth-order valence-electron chi connectivity index (χ4n) is 3.12. The number of halogens is 2. The summed E-state index contributed by atoms with van der Waals surface area (Å²) in [6, 6.07) is 8.80. The van der Waals surface area contributed by atoms with Gasteiger partial charge in [0, 0.05) is 24.7 Å². The van der Waals surface area contributed by atoms with Crippen molar-refractivity contribution in [3.05, 3.63) is 59.2 Å². The molecule has 0 bridgehead atoms. The molecule has 1 aliphatic rings. The molecule has 1 aliphatic heterocycles. The molecular weight excluding hydrogens is 390 g/mol. The minimum Gasteiger partial charge on any atom is -0.478 e. The third kappa shape index (κ3) is 5.15. The second-order valence-corrected chi connectivity index (χ2v) is 7.11. The van der Waals surface area contributed by atoms with Crippen LogP contribution >= 0.6 is 0 Å². The van der Waals surface area contributed by atoms with E-state index in [-0.39, 0.29) is 37.1 Å². The molecule has 2 aromatic rings. The van der Waals surface area contributed by atoms with Crippen LogP contribution in [0, 0.1) is 43.2 Å². The van der Waals surface area contributed by atoms with Crippen LogP contribution in [0.25, 0.3) is 0 Å². The summed E-state index contributed by atoms with van der Waals surface area (Å²) in [5, 5.41) is 2.68. The summed E-state index contributed by atoms with van der Waals surface area (Å²) in [6.07, 6.45) is 0.152.